The third kappa shape index (κ3) is 2.95. The minimum atomic E-state index is -0.595. The average Bonchev–Trinajstić information content (AvgIpc) is 3.12. The van der Waals surface area contributed by atoms with Gasteiger partial charge in [0, 0.05) is 10.8 Å². The van der Waals surface area contributed by atoms with Gasteiger partial charge in [-0.2, -0.15) is 0 Å². The van der Waals surface area contributed by atoms with Crippen molar-refractivity contribution in [2.75, 3.05) is 0 Å². The fraction of sp³-hybridized carbons (Fsp3) is 0.192. The van der Waals surface area contributed by atoms with Crippen LogP contribution in [0, 0.1) is 17.0 Å². The number of halogens is 2. The Kier molecular flexibility index (Phi) is 4.14. The Morgan fingerprint density at radius 1 is 0.833 bits per heavy atom. The van der Waals surface area contributed by atoms with Crippen LogP contribution in [-0.4, -0.2) is 9.38 Å². The van der Waals surface area contributed by atoms with Crippen molar-refractivity contribution in [3.8, 4) is 11.3 Å². The number of benzene rings is 3. The number of hydrogen-bond donors (Lipinski definition) is 0. The lowest BCUT2D eigenvalue weighted by molar-refractivity contribution is 0.411. The van der Waals surface area contributed by atoms with Gasteiger partial charge in [0.05, 0.1) is 23.0 Å². The summed E-state index contributed by atoms with van der Waals surface area (Å²) in [5.41, 5.74) is 3.33. The van der Waals surface area contributed by atoms with Crippen molar-refractivity contribution in [1.82, 2.24) is 9.38 Å². The predicted molar refractivity (Wildman–Crippen MR) is 119 cm³/mol. The largest absolute Gasteiger partial charge is 0.292 e. The number of hydrogen-bond acceptors (Lipinski definition) is 1. The Hall–Kier alpha value is -3.27. The fourth-order valence-electron chi connectivity index (χ4n) is 4.33. The molecule has 2 heterocycles. The Morgan fingerprint density at radius 2 is 1.53 bits per heavy atom. The predicted octanol–water partition coefficient (Wildman–Crippen LogP) is 7.17. The average molecular weight is 400 g/mol. The fourth-order valence-corrected chi connectivity index (χ4v) is 4.33. The number of imidazole rings is 1. The van der Waals surface area contributed by atoms with Crippen LogP contribution in [-0.2, 0) is 6.42 Å². The zero-order valence-corrected chi connectivity index (χ0v) is 17.2. The van der Waals surface area contributed by atoms with Crippen molar-refractivity contribution in [3.63, 3.8) is 0 Å². The van der Waals surface area contributed by atoms with Gasteiger partial charge in [0.15, 0.2) is 0 Å². The van der Waals surface area contributed by atoms with E-state index in [1.54, 1.807) is 6.20 Å². The summed E-state index contributed by atoms with van der Waals surface area (Å²) in [5, 5.41) is 3.10. The molecule has 0 spiro atoms. The van der Waals surface area contributed by atoms with Crippen molar-refractivity contribution in [2.24, 2.45) is 5.41 Å². The SMILES string of the molecule is CC(C)(C)Cc1ccc2c(c1)c1ccccc1c1ncc(-c3c(F)cccc3F)n21. The maximum absolute atomic E-state index is 14.6. The summed E-state index contributed by atoms with van der Waals surface area (Å²) in [6.45, 7) is 6.65. The van der Waals surface area contributed by atoms with Crippen molar-refractivity contribution < 1.29 is 8.78 Å². The molecule has 0 unspecified atom stereocenters. The van der Waals surface area contributed by atoms with E-state index in [1.165, 1.54) is 23.8 Å². The summed E-state index contributed by atoms with van der Waals surface area (Å²) in [4.78, 5) is 4.57. The van der Waals surface area contributed by atoms with E-state index in [0.29, 0.717) is 11.3 Å². The third-order valence-corrected chi connectivity index (χ3v) is 5.48. The molecular formula is C26H22F2N2. The lowest BCUT2D eigenvalue weighted by atomic mass is 9.87. The summed E-state index contributed by atoms with van der Waals surface area (Å²) in [7, 11) is 0. The van der Waals surface area contributed by atoms with E-state index >= 15 is 0 Å². The molecular weight excluding hydrogens is 378 g/mol. The molecule has 0 bridgehead atoms. The Labute approximate surface area is 173 Å². The molecule has 0 fully saturated rings. The maximum Gasteiger partial charge on any atom is 0.145 e. The summed E-state index contributed by atoms with van der Waals surface area (Å²) < 4.78 is 31.1. The lowest BCUT2D eigenvalue weighted by Crippen LogP contribution is -2.09. The Morgan fingerprint density at radius 3 is 2.23 bits per heavy atom. The topological polar surface area (TPSA) is 17.3 Å². The van der Waals surface area contributed by atoms with Gasteiger partial charge >= 0.3 is 0 Å². The van der Waals surface area contributed by atoms with Gasteiger partial charge in [0.1, 0.15) is 17.3 Å². The zero-order chi connectivity index (χ0) is 21.0. The van der Waals surface area contributed by atoms with Crippen LogP contribution in [0.2, 0.25) is 0 Å². The second-order valence-electron chi connectivity index (χ2n) is 9.03. The second-order valence-corrected chi connectivity index (χ2v) is 9.03. The van der Waals surface area contributed by atoms with Gasteiger partial charge in [-0.15, -0.1) is 0 Å². The standard InChI is InChI=1S/C26H22F2N2/c1-26(2,3)14-16-11-12-22-19(13-16)17-7-4-5-8-18(17)25-29-15-23(30(22)25)24-20(27)9-6-10-21(24)28/h4-13,15H,14H2,1-3H3. The van der Waals surface area contributed by atoms with Crippen molar-refractivity contribution in [1.29, 1.82) is 0 Å². The van der Waals surface area contributed by atoms with Gasteiger partial charge in [-0.1, -0.05) is 57.2 Å². The minimum Gasteiger partial charge on any atom is -0.292 e. The van der Waals surface area contributed by atoms with Crippen LogP contribution in [0.25, 0.3) is 38.6 Å². The molecule has 2 nitrogen and oxygen atoms in total. The molecule has 0 aliphatic carbocycles. The zero-order valence-electron chi connectivity index (χ0n) is 17.2. The summed E-state index contributed by atoms with van der Waals surface area (Å²) in [6.07, 6.45) is 2.50. The van der Waals surface area contributed by atoms with E-state index in [0.717, 1.165) is 28.1 Å². The number of rotatable bonds is 2. The van der Waals surface area contributed by atoms with Crippen LogP contribution in [0.5, 0.6) is 0 Å². The van der Waals surface area contributed by atoms with Crippen LogP contribution in [0.4, 0.5) is 8.78 Å². The molecule has 150 valence electrons. The highest BCUT2D eigenvalue weighted by molar-refractivity contribution is 6.12. The van der Waals surface area contributed by atoms with Gasteiger partial charge in [-0.3, -0.25) is 4.40 Å². The smallest absolute Gasteiger partial charge is 0.145 e. The molecule has 0 atom stereocenters. The summed E-state index contributed by atoms with van der Waals surface area (Å²) in [6, 6.07) is 18.3. The first-order valence-electron chi connectivity index (χ1n) is 10.1. The lowest BCUT2D eigenvalue weighted by Gasteiger charge is -2.19. The summed E-state index contributed by atoms with van der Waals surface area (Å²) in [5.74, 6) is -1.19. The molecule has 3 aromatic carbocycles. The van der Waals surface area contributed by atoms with E-state index in [1.807, 2.05) is 28.7 Å². The number of pyridine rings is 1. The highest BCUT2D eigenvalue weighted by atomic mass is 19.1. The molecule has 0 saturated carbocycles. The number of aromatic nitrogens is 2. The monoisotopic (exact) mass is 400 g/mol. The Bertz CT molecular complexity index is 1400. The molecule has 0 N–H and O–H groups in total. The molecule has 5 rings (SSSR count). The number of nitrogens with zero attached hydrogens (tertiary/aromatic N) is 2. The molecule has 0 saturated heterocycles. The van der Waals surface area contributed by atoms with Crippen LogP contribution in [0.15, 0.2) is 66.9 Å². The first kappa shape index (κ1) is 18.7. The second kappa shape index (κ2) is 6.63. The van der Waals surface area contributed by atoms with Crippen LogP contribution in [0.3, 0.4) is 0 Å². The van der Waals surface area contributed by atoms with Crippen LogP contribution >= 0.6 is 0 Å². The number of fused-ring (bicyclic) bond motifs is 6. The first-order chi connectivity index (χ1) is 14.3. The van der Waals surface area contributed by atoms with E-state index in [2.05, 4.69) is 44.0 Å². The highest BCUT2D eigenvalue weighted by Gasteiger charge is 2.20. The molecule has 5 aromatic rings. The molecule has 4 heteroatoms. The van der Waals surface area contributed by atoms with Crippen LogP contribution < -0.4 is 0 Å². The quantitative estimate of drug-likeness (QED) is 0.287. The molecule has 0 aliphatic rings. The molecule has 0 radical (unpaired) electrons. The minimum absolute atomic E-state index is 0.0552. The van der Waals surface area contributed by atoms with E-state index in [4.69, 9.17) is 0 Å². The van der Waals surface area contributed by atoms with E-state index in [9.17, 15) is 8.78 Å². The highest BCUT2D eigenvalue weighted by Crippen LogP contribution is 2.35. The van der Waals surface area contributed by atoms with Gasteiger partial charge < -0.3 is 0 Å². The molecule has 0 amide bonds. The van der Waals surface area contributed by atoms with Crippen molar-refractivity contribution in [2.45, 2.75) is 27.2 Å². The van der Waals surface area contributed by atoms with Crippen molar-refractivity contribution in [3.05, 3.63) is 84.1 Å². The van der Waals surface area contributed by atoms with Crippen molar-refractivity contribution >= 4 is 27.3 Å². The van der Waals surface area contributed by atoms with Gasteiger partial charge in [0.25, 0.3) is 0 Å². The summed E-state index contributed by atoms with van der Waals surface area (Å²) >= 11 is 0. The Balaban J connectivity index is 1.92. The van der Waals surface area contributed by atoms with Crippen LogP contribution in [0.1, 0.15) is 26.3 Å². The maximum atomic E-state index is 14.6. The molecule has 0 aliphatic heterocycles. The molecule has 2 aromatic heterocycles. The van der Waals surface area contributed by atoms with Gasteiger partial charge in [0.2, 0.25) is 0 Å². The van der Waals surface area contributed by atoms with E-state index < -0.39 is 11.6 Å². The molecule has 30 heavy (non-hydrogen) atoms. The third-order valence-electron chi connectivity index (χ3n) is 5.48. The van der Waals surface area contributed by atoms with Gasteiger partial charge in [-0.25, -0.2) is 13.8 Å². The van der Waals surface area contributed by atoms with E-state index in [-0.39, 0.29) is 11.0 Å². The first-order valence-corrected chi connectivity index (χ1v) is 10.1. The normalized spacial score (nSPS) is 12.3. The van der Waals surface area contributed by atoms with Gasteiger partial charge in [-0.05, 0) is 47.1 Å².